The predicted octanol–water partition coefficient (Wildman–Crippen LogP) is 1.05. The molecular weight excluding hydrogens is 164 g/mol. The number of aliphatic hydroxyl groups excluding tert-OH is 2. The van der Waals surface area contributed by atoms with Crippen molar-refractivity contribution >= 4 is 0 Å². The number of hydrogen-bond donors (Lipinski definition) is 2. The Morgan fingerprint density at radius 1 is 1.10 bits per heavy atom. The van der Waals surface area contributed by atoms with Crippen molar-refractivity contribution in [2.75, 3.05) is 13.2 Å². The van der Waals surface area contributed by atoms with E-state index in [0.29, 0.717) is 0 Å². The first-order chi connectivity index (χ1) is 3.83. The van der Waals surface area contributed by atoms with Crippen molar-refractivity contribution in [2.45, 2.75) is 13.8 Å². The third-order valence-electron chi connectivity index (χ3n) is 0. The van der Waals surface area contributed by atoms with Crippen LogP contribution in [0.1, 0.15) is 13.8 Å². The SMILES string of the molecule is CCO.CCO.[CH-]=C.[CH3-].[Ti+2]. The normalized spacial score (nSPS) is 4.00. The Labute approximate surface area is 79.9 Å². The van der Waals surface area contributed by atoms with Crippen LogP contribution in [0, 0.1) is 14.0 Å². The van der Waals surface area contributed by atoms with Crippen molar-refractivity contribution < 1.29 is 31.9 Å². The first kappa shape index (κ1) is 31.6. The molecule has 0 rings (SSSR count). The molecule has 0 fully saturated rings. The summed E-state index contributed by atoms with van der Waals surface area (Å²) in [5, 5.41) is 15.1. The molecule has 62 valence electrons. The second kappa shape index (κ2) is 117. The summed E-state index contributed by atoms with van der Waals surface area (Å²) in [6.07, 6.45) is 0. The molecule has 0 aromatic heterocycles. The van der Waals surface area contributed by atoms with Crippen molar-refractivity contribution in [1.82, 2.24) is 0 Å². The van der Waals surface area contributed by atoms with Gasteiger partial charge in [-0.15, -0.1) is 0 Å². The minimum Gasteiger partial charge on any atom is -0.521 e. The molecule has 0 unspecified atom stereocenters. The average Bonchev–Trinajstić information content (AvgIpc) is 1.75. The van der Waals surface area contributed by atoms with Crippen molar-refractivity contribution in [3.8, 4) is 0 Å². The summed E-state index contributed by atoms with van der Waals surface area (Å²) in [5.74, 6) is 0. The van der Waals surface area contributed by atoms with Crippen LogP contribution in [0.25, 0.3) is 0 Å². The van der Waals surface area contributed by atoms with Gasteiger partial charge in [0.05, 0.1) is 0 Å². The zero-order valence-corrected chi connectivity index (χ0v) is 8.65. The zero-order valence-electron chi connectivity index (χ0n) is 7.09. The molecule has 0 aliphatic rings. The molecule has 10 heavy (non-hydrogen) atoms. The standard InChI is InChI=1S/2C2H6O.C2H3.CH3.Ti/c2*1-2-3;1-2;;/h2*3H,2H2,1H3;1H,2H2;1H3;/q;;2*-1;+2. The summed E-state index contributed by atoms with van der Waals surface area (Å²) in [4.78, 5) is 0. The van der Waals surface area contributed by atoms with Crippen molar-refractivity contribution in [3.05, 3.63) is 20.6 Å². The Kier molecular flexibility index (Phi) is 368. The van der Waals surface area contributed by atoms with E-state index in [1.54, 1.807) is 13.8 Å². The summed E-state index contributed by atoms with van der Waals surface area (Å²) in [6.45, 7) is 10.9. The molecule has 0 saturated heterocycles. The van der Waals surface area contributed by atoms with Crippen LogP contribution < -0.4 is 0 Å². The molecule has 2 nitrogen and oxygen atoms in total. The predicted molar refractivity (Wildman–Crippen MR) is 41.9 cm³/mol. The van der Waals surface area contributed by atoms with E-state index < -0.39 is 0 Å². The zero-order chi connectivity index (χ0) is 7.41. The number of hydrogen-bond acceptors (Lipinski definition) is 2. The Hall–Kier alpha value is 0.374. The monoisotopic (exact) mass is 182 g/mol. The van der Waals surface area contributed by atoms with Crippen LogP contribution in [-0.4, -0.2) is 23.4 Å². The van der Waals surface area contributed by atoms with Gasteiger partial charge in [0.15, 0.2) is 0 Å². The van der Waals surface area contributed by atoms with Gasteiger partial charge < -0.3 is 24.2 Å². The van der Waals surface area contributed by atoms with Gasteiger partial charge in [-0.3, -0.25) is 6.58 Å². The third-order valence-corrected chi connectivity index (χ3v) is 0. The summed E-state index contributed by atoms with van der Waals surface area (Å²) in [6, 6.07) is 0. The average molecular weight is 182 g/mol. The van der Waals surface area contributed by atoms with Gasteiger partial charge in [-0.05, 0) is 13.8 Å². The van der Waals surface area contributed by atoms with Crippen molar-refractivity contribution in [2.24, 2.45) is 0 Å². The van der Waals surface area contributed by atoms with Gasteiger partial charge in [0.25, 0.3) is 0 Å². The van der Waals surface area contributed by atoms with Gasteiger partial charge in [0, 0.05) is 13.2 Å². The molecule has 0 heterocycles. The largest absolute Gasteiger partial charge is 2.00 e. The molecule has 0 aliphatic carbocycles. The first-order valence-electron chi connectivity index (χ1n) is 2.45. The van der Waals surface area contributed by atoms with E-state index in [1.165, 1.54) is 0 Å². The van der Waals surface area contributed by atoms with Gasteiger partial charge in [0.2, 0.25) is 0 Å². The van der Waals surface area contributed by atoms with Crippen LogP contribution in [0.5, 0.6) is 0 Å². The van der Waals surface area contributed by atoms with Gasteiger partial charge in [-0.1, -0.05) is 0 Å². The third kappa shape index (κ3) is 3250. The van der Waals surface area contributed by atoms with Crippen LogP contribution in [0.15, 0.2) is 6.58 Å². The number of aliphatic hydroxyl groups is 2. The van der Waals surface area contributed by atoms with E-state index in [1.807, 2.05) is 0 Å². The second-order valence-electron chi connectivity index (χ2n) is 0.632. The Balaban J connectivity index is -0.0000000116. The Morgan fingerprint density at radius 3 is 1.10 bits per heavy atom. The van der Waals surface area contributed by atoms with E-state index in [4.69, 9.17) is 10.2 Å². The molecule has 2 N–H and O–H groups in total. The van der Waals surface area contributed by atoms with Gasteiger partial charge in [0.1, 0.15) is 0 Å². The van der Waals surface area contributed by atoms with E-state index in [0.717, 1.165) is 0 Å². The van der Waals surface area contributed by atoms with E-state index in [-0.39, 0.29) is 42.4 Å². The first-order valence-corrected chi connectivity index (χ1v) is 2.45. The number of rotatable bonds is 0. The van der Waals surface area contributed by atoms with Crippen molar-refractivity contribution in [3.63, 3.8) is 0 Å². The molecule has 0 radical (unpaired) electrons. The fourth-order valence-electron chi connectivity index (χ4n) is 0. The summed E-state index contributed by atoms with van der Waals surface area (Å²) < 4.78 is 0. The van der Waals surface area contributed by atoms with Crippen LogP contribution in [0.3, 0.4) is 0 Å². The topological polar surface area (TPSA) is 40.5 Å². The summed E-state index contributed by atoms with van der Waals surface area (Å²) in [7, 11) is 0. The molecule has 0 spiro atoms. The fraction of sp³-hybridized carbons (Fsp3) is 0.571. The Bertz CT molecular complexity index is 19.1. The maximum Gasteiger partial charge on any atom is 2.00 e. The van der Waals surface area contributed by atoms with Crippen LogP contribution in [-0.2, 0) is 21.7 Å². The molecule has 0 bridgehead atoms. The van der Waals surface area contributed by atoms with E-state index >= 15 is 0 Å². The second-order valence-corrected chi connectivity index (χ2v) is 0.632. The summed E-state index contributed by atoms with van der Waals surface area (Å²) >= 11 is 0. The van der Waals surface area contributed by atoms with Gasteiger partial charge in [-0.2, -0.15) is 0 Å². The minimum absolute atomic E-state index is 0. The van der Waals surface area contributed by atoms with E-state index in [2.05, 4.69) is 13.2 Å². The molecule has 3 heteroatoms. The molecule has 0 aromatic carbocycles. The molecule has 0 saturated carbocycles. The quantitative estimate of drug-likeness (QED) is 0.434. The molecule has 0 aromatic rings. The van der Waals surface area contributed by atoms with Crippen LogP contribution >= 0.6 is 0 Å². The Morgan fingerprint density at radius 2 is 1.10 bits per heavy atom. The smallest absolute Gasteiger partial charge is 0.521 e. The molecule has 0 aliphatic heterocycles. The molecule has 0 atom stereocenters. The summed E-state index contributed by atoms with van der Waals surface area (Å²) in [5.41, 5.74) is 0. The van der Waals surface area contributed by atoms with Crippen LogP contribution in [0.4, 0.5) is 0 Å². The molecular formula is C7H18O2Ti. The van der Waals surface area contributed by atoms with E-state index in [9.17, 15) is 0 Å². The van der Waals surface area contributed by atoms with Crippen molar-refractivity contribution in [1.29, 1.82) is 0 Å². The van der Waals surface area contributed by atoms with Gasteiger partial charge >= 0.3 is 21.7 Å². The maximum absolute atomic E-state index is 7.57. The van der Waals surface area contributed by atoms with Gasteiger partial charge in [-0.25, -0.2) is 0 Å². The maximum atomic E-state index is 7.57. The fourth-order valence-corrected chi connectivity index (χ4v) is 0. The van der Waals surface area contributed by atoms with Crippen LogP contribution in [0.2, 0.25) is 0 Å². The molecule has 0 amide bonds. The minimum atomic E-state index is 0.